The molecule has 0 aliphatic rings. The minimum atomic E-state index is -0.417. The molecule has 1 aromatic heterocycles. The van der Waals surface area contributed by atoms with Gasteiger partial charge in [0.05, 0.1) is 6.54 Å². The van der Waals surface area contributed by atoms with Crippen LogP contribution in [0.5, 0.6) is 0 Å². The Bertz CT molecular complexity index is 609. The normalized spacial score (nSPS) is 11.2. The highest BCUT2D eigenvalue weighted by Crippen LogP contribution is 2.22. The molecule has 0 fully saturated rings. The van der Waals surface area contributed by atoms with Crippen LogP contribution in [-0.4, -0.2) is 16.1 Å². The lowest BCUT2D eigenvalue weighted by Gasteiger charge is -2.02. The first-order chi connectivity index (χ1) is 9.70. The Labute approximate surface area is 119 Å². The molecule has 20 heavy (non-hydrogen) atoms. The van der Waals surface area contributed by atoms with Crippen molar-refractivity contribution in [2.75, 3.05) is 0 Å². The number of carbonyl (C=O) groups excluding carboxylic acids is 1. The van der Waals surface area contributed by atoms with Crippen molar-refractivity contribution in [1.29, 1.82) is 0 Å². The van der Waals surface area contributed by atoms with Crippen molar-refractivity contribution in [1.82, 2.24) is 20.9 Å². The SMILES string of the molecule is NN/C=C(\N)C(=O)NCc1nnc(-c2ccccc2)s1. The summed E-state index contributed by atoms with van der Waals surface area (Å²) in [5, 5.41) is 12.2. The lowest BCUT2D eigenvalue weighted by molar-refractivity contribution is -0.117. The summed E-state index contributed by atoms with van der Waals surface area (Å²) in [7, 11) is 0. The standard InChI is InChI=1S/C12H14N6OS/c13-9(6-16-14)11(19)15-7-10-17-18-12(20-10)8-4-2-1-3-5-8/h1-6,16H,7,13-14H2,(H,15,19)/b9-6-. The van der Waals surface area contributed by atoms with Crippen LogP contribution in [-0.2, 0) is 11.3 Å². The Kier molecular flexibility index (Phi) is 4.64. The molecule has 0 saturated heterocycles. The quantitative estimate of drug-likeness (QED) is 0.352. The zero-order valence-electron chi connectivity index (χ0n) is 10.5. The number of carbonyl (C=O) groups is 1. The van der Waals surface area contributed by atoms with Crippen molar-refractivity contribution in [2.24, 2.45) is 11.6 Å². The van der Waals surface area contributed by atoms with Gasteiger partial charge in [0.25, 0.3) is 5.91 Å². The van der Waals surface area contributed by atoms with Gasteiger partial charge in [0.2, 0.25) is 0 Å². The largest absolute Gasteiger partial charge is 0.393 e. The molecule has 0 saturated carbocycles. The molecule has 0 atom stereocenters. The minimum absolute atomic E-state index is 0.000276. The van der Waals surface area contributed by atoms with Crippen LogP contribution in [0, 0.1) is 0 Å². The highest BCUT2D eigenvalue weighted by atomic mass is 32.1. The molecule has 6 N–H and O–H groups in total. The molecule has 1 heterocycles. The molecule has 2 aromatic rings. The van der Waals surface area contributed by atoms with E-state index >= 15 is 0 Å². The van der Waals surface area contributed by atoms with Crippen molar-refractivity contribution in [3.8, 4) is 10.6 Å². The number of nitrogens with two attached hydrogens (primary N) is 2. The second-order valence-corrected chi connectivity index (χ2v) is 4.88. The number of nitrogens with one attached hydrogen (secondary N) is 2. The second-order valence-electron chi connectivity index (χ2n) is 3.82. The maximum absolute atomic E-state index is 11.5. The number of aromatic nitrogens is 2. The van der Waals surface area contributed by atoms with Crippen molar-refractivity contribution in [3.05, 3.63) is 47.2 Å². The number of hydrazine groups is 1. The third-order valence-electron chi connectivity index (χ3n) is 2.39. The summed E-state index contributed by atoms with van der Waals surface area (Å²) in [5.41, 5.74) is 8.66. The average molecular weight is 290 g/mol. The number of hydrogen-bond donors (Lipinski definition) is 4. The van der Waals surface area contributed by atoms with E-state index in [4.69, 9.17) is 11.6 Å². The van der Waals surface area contributed by atoms with E-state index in [-0.39, 0.29) is 12.2 Å². The van der Waals surface area contributed by atoms with Crippen LogP contribution in [0.25, 0.3) is 10.6 Å². The molecule has 0 aliphatic carbocycles. The maximum Gasteiger partial charge on any atom is 0.269 e. The number of benzene rings is 1. The van der Waals surface area contributed by atoms with Gasteiger partial charge in [-0.25, -0.2) is 0 Å². The molecule has 1 aromatic carbocycles. The van der Waals surface area contributed by atoms with E-state index in [9.17, 15) is 4.79 Å². The summed E-state index contributed by atoms with van der Waals surface area (Å²) >= 11 is 1.42. The fraction of sp³-hybridized carbons (Fsp3) is 0.0833. The zero-order valence-corrected chi connectivity index (χ0v) is 11.4. The third-order valence-corrected chi connectivity index (χ3v) is 3.36. The highest BCUT2D eigenvalue weighted by molar-refractivity contribution is 7.14. The number of nitrogens with zero attached hydrogens (tertiary/aromatic N) is 2. The van der Waals surface area contributed by atoms with Gasteiger partial charge in [0.1, 0.15) is 15.7 Å². The Hall–Kier alpha value is -2.45. The van der Waals surface area contributed by atoms with Crippen LogP contribution in [0.4, 0.5) is 0 Å². The van der Waals surface area contributed by atoms with E-state index in [1.807, 2.05) is 30.3 Å². The average Bonchev–Trinajstić information content (AvgIpc) is 2.95. The first-order valence-electron chi connectivity index (χ1n) is 5.78. The summed E-state index contributed by atoms with van der Waals surface area (Å²) in [6.07, 6.45) is 1.21. The highest BCUT2D eigenvalue weighted by Gasteiger charge is 2.09. The maximum atomic E-state index is 11.5. The van der Waals surface area contributed by atoms with Crippen molar-refractivity contribution >= 4 is 17.2 Å². The van der Waals surface area contributed by atoms with Gasteiger partial charge >= 0.3 is 0 Å². The van der Waals surface area contributed by atoms with E-state index in [2.05, 4.69) is 20.9 Å². The zero-order chi connectivity index (χ0) is 14.4. The predicted molar refractivity (Wildman–Crippen MR) is 76.8 cm³/mol. The summed E-state index contributed by atoms with van der Waals surface area (Å²) in [6, 6.07) is 9.71. The van der Waals surface area contributed by atoms with E-state index in [1.54, 1.807) is 0 Å². The van der Waals surface area contributed by atoms with Gasteiger partial charge in [0, 0.05) is 11.8 Å². The molecule has 0 aliphatic heterocycles. The van der Waals surface area contributed by atoms with Gasteiger partial charge in [-0.2, -0.15) is 0 Å². The summed E-state index contributed by atoms with van der Waals surface area (Å²) in [4.78, 5) is 11.5. The van der Waals surface area contributed by atoms with E-state index in [1.165, 1.54) is 17.5 Å². The molecule has 1 amide bonds. The molecular formula is C12H14N6OS. The van der Waals surface area contributed by atoms with Crippen molar-refractivity contribution in [3.63, 3.8) is 0 Å². The van der Waals surface area contributed by atoms with E-state index in [0.29, 0.717) is 5.01 Å². The van der Waals surface area contributed by atoms with Gasteiger partial charge in [0.15, 0.2) is 0 Å². The topological polar surface area (TPSA) is 119 Å². The number of amides is 1. The molecular weight excluding hydrogens is 276 g/mol. The van der Waals surface area contributed by atoms with E-state index < -0.39 is 5.91 Å². The van der Waals surface area contributed by atoms with Crippen LogP contribution in [0.15, 0.2) is 42.2 Å². The lowest BCUT2D eigenvalue weighted by Crippen LogP contribution is -2.30. The molecule has 104 valence electrons. The number of rotatable bonds is 5. The molecule has 0 unspecified atom stereocenters. The third kappa shape index (κ3) is 3.53. The molecule has 0 spiro atoms. The first-order valence-corrected chi connectivity index (χ1v) is 6.60. The monoisotopic (exact) mass is 290 g/mol. The van der Waals surface area contributed by atoms with Gasteiger partial charge in [-0.1, -0.05) is 41.7 Å². The summed E-state index contributed by atoms with van der Waals surface area (Å²) < 4.78 is 0. The van der Waals surface area contributed by atoms with Crippen LogP contribution in [0.2, 0.25) is 0 Å². The Morgan fingerprint density at radius 1 is 1.30 bits per heavy atom. The van der Waals surface area contributed by atoms with Gasteiger partial charge in [-0.15, -0.1) is 10.2 Å². The van der Waals surface area contributed by atoms with Crippen molar-refractivity contribution < 1.29 is 4.79 Å². The summed E-state index contributed by atoms with van der Waals surface area (Å²) in [6.45, 7) is 0.266. The second kappa shape index (κ2) is 6.64. The summed E-state index contributed by atoms with van der Waals surface area (Å²) in [5.74, 6) is 4.62. The van der Waals surface area contributed by atoms with Crippen LogP contribution < -0.4 is 22.3 Å². The first kappa shape index (κ1) is 14.0. The fourth-order valence-electron chi connectivity index (χ4n) is 1.44. The Morgan fingerprint density at radius 3 is 2.75 bits per heavy atom. The smallest absolute Gasteiger partial charge is 0.269 e. The minimum Gasteiger partial charge on any atom is -0.393 e. The van der Waals surface area contributed by atoms with Gasteiger partial charge in [-0.05, 0) is 0 Å². The van der Waals surface area contributed by atoms with E-state index in [0.717, 1.165) is 10.6 Å². The Morgan fingerprint density at radius 2 is 2.05 bits per heavy atom. The fourth-order valence-corrected chi connectivity index (χ4v) is 2.22. The predicted octanol–water partition coefficient (Wildman–Crippen LogP) is 0.0847. The number of hydrogen-bond acceptors (Lipinski definition) is 7. The molecule has 7 nitrogen and oxygen atoms in total. The molecule has 2 rings (SSSR count). The van der Waals surface area contributed by atoms with Gasteiger partial charge in [-0.3, -0.25) is 10.6 Å². The van der Waals surface area contributed by atoms with Crippen LogP contribution in [0.1, 0.15) is 5.01 Å². The molecule has 8 heteroatoms. The van der Waals surface area contributed by atoms with Crippen LogP contribution in [0.3, 0.4) is 0 Å². The van der Waals surface area contributed by atoms with Crippen molar-refractivity contribution in [2.45, 2.75) is 6.54 Å². The van der Waals surface area contributed by atoms with Gasteiger partial charge < -0.3 is 16.5 Å². The Balaban J connectivity index is 1.97. The molecule has 0 bridgehead atoms. The van der Waals surface area contributed by atoms with Crippen LogP contribution >= 0.6 is 11.3 Å². The molecule has 0 radical (unpaired) electrons. The lowest BCUT2D eigenvalue weighted by atomic mass is 10.2.